The number of para-hydroxylation sites is 1. The number of halogens is 1. The molecule has 2 heterocycles. The summed E-state index contributed by atoms with van der Waals surface area (Å²) in [6, 6.07) is 24.8. The molecule has 0 bridgehead atoms. The molecule has 0 spiro atoms. The molecule has 0 saturated carbocycles. The van der Waals surface area contributed by atoms with Crippen molar-refractivity contribution in [1.29, 1.82) is 0 Å². The van der Waals surface area contributed by atoms with Gasteiger partial charge in [-0.3, -0.25) is 0 Å². The van der Waals surface area contributed by atoms with Gasteiger partial charge in [0.2, 0.25) is 5.89 Å². The second-order valence-electron chi connectivity index (χ2n) is 6.38. The third-order valence-electron chi connectivity index (χ3n) is 4.61. The van der Waals surface area contributed by atoms with Crippen LogP contribution in [0.5, 0.6) is 0 Å². The van der Waals surface area contributed by atoms with Gasteiger partial charge in [-0.2, -0.15) is 0 Å². The van der Waals surface area contributed by atoms with Crippen molar-refractivity contribution >= 4 is 37.7 Å². The maximum absolute atomic E-state index is 13.0. The SMILES string of the molecule is O=c1oc(-c2ccccc2)nc2c(-c3ccc(Br)cc3)nc3ccccc3c12. The van der Waals surface area contributed by atoms with Gasteiger partial charge >= 0.3 is 5.63 Å². The van der Waals surface area contributed by atoms with E-state index in [2.05, 4.69) is 15.9 Å². The average molecular weight is 429 g/mol. The van der Waals surface area contributed by atoms with Crippen LogP contribution in [0.2, 0.25) is 0 Å². The fourth-order valence-corrected chi connectivity index (χ4v) is 3.56. The van der Waals surface area contributed by atoms with Crippen molar-refractivity contribution in [3.05, 3.63) is 93.8 Å². The maximum atomic E-state index is 13.0. The van der Waals surface area contributed by atoms with Crippen molar-refractivity contribution in [2.75, 3.05) is 0 Å². The van der Waals surface area contributed by atoms with E-state index in [1.54, 1.807) is 0 Å². The largest absolute Gasteiger partial charge is 0.403 e. The number of benzene rings is 3. The molecule has 4 nitrogen and oxygen atoms in total. The molecule has 2 aromatic heterocycles. The lowest BCUT2D eigenvalue weighted by Crippen LogP contribution is -2.06. The van der Waals surface area contributed by atoms with Gasteiger partial charge in [0.1, 0.15) is 5.52 Å². The van der Waals surface area contributed by atoms with Crippen molar-refractivity contribution in [2.24, 2.45) is 0 Å². The first-order chi connectivity index (χ1) is 13.7. The second kappa shape index (κ2) is 6.69. The minimum Gasteiger partial charge on any atom is -0.403 e. The zero-order valence-electron chi connectivity index (χ0n) is 14.6. The maximum Gasteiger partial charge on any atom is 0.347 e. The van der Waals surface area contributed by atoms with Crippen LogP contribution in [-0.2, 0) is 0 Å². The summed E-state index contributed by atoms with van der Waals surface area (Å²) in [6.07, 6.45) is 0. The summed E-state index contributed by atoms with van der Waals surface area (Å²) in [5.41, 5.74) is 3.14. The van der Waals surface area contributed by atoms with Crippen LogP contribution >= 0.6 is 15.9 Å². The lowest BCUT2D eigenvalue weighted by Gasteiger charge is -2.10. The van der Waals surface area contributed by atoms with Gasteiger partial charge in [0.05, 0.1) is 16.6 Å². The summed E-state index contributed by atoms with van der Waals surface area (Å²) in [4.78, 5) is 22.5. The summed E-state index contributed by atoms with van der Waals surface area (Å²) in [7, 11) is 0. The summed E-state index contributed by atoms with van der Waals surface area (Å²) in [5.74, 6) is 0.286. The lowest BCUT2D eigenvalue weighted by molar-refractivity contribution is 0.519. The average Bonchev–Trinajstić information content (AvgIpc) is 2.74. The van der Waals surface area contributed by atoms with Crippen LogP contribution in [0.15, 0.2) is 92.5 Å². The summed E-state index contributed by atoms with van der Waals surface area (Å²) >= 11 is 3.46. The van der Waals surface area contributed by atoms with E-state index in [-0.39, 0.29) is 5.89 Å². The molecule has 0 aliphatic heterocycles. The highest BCUT2D eigenvalue weighted by molar-refractivity contribution is 9.10. The van der Waals surface area contributed by atoms with Crippen molar-refractivity contribution in [3.8, 4) is 22.7 Å². The van der Waals surface area contributed by atoms with Gasteiger partial charge in [-0.15, -0.1) is 0 Å². The monoisotopic (exact) mass is 428 g/mol. The Labute approximate surface area is 168 Å². The molecule has 0 fully saturated rings. The van der Waals surface area contributed by atoms with Crippen LogP contribution in [0.1, 0.15) is 0 Å². The van der Waals surface area contributed by atoms with Crippen LogP contribution < -0.4 is 5.63 Å². The Balaban J connectivity index is 1.92. The number of hydrogen-bond donors (Lipinski definition) is 0. The third kappa shape index (κ3) is 2.80. The first-order valence-corrected chi connectivity index (χ1v) is 9.55. The predicted octanol–water partition coefficient (Wildman–Crippen LogP) is 5.83. The fourth-order valence-electron chi connectivity index (χ4n) is 3.29. The highest BCUT2D eigenvalue weighted by Crippen LogP contribution is 2.31. The highest BCUT2D eigenvalue weighted by Gasteiger charge is 2.17. The molecular formula is C23H13BrN2O2. The minimum atomic E-state index is -0.416. The molecule has 0 aliphatic rings. The second-order valence-corrected chi connectivity index (χ2v) is 7.30. The Kier molecular flexibility index (Phi) is 4.02. The van der Waals surface area contributed by atoms with Crippen LogP contribution in [0.25, 0.3) is 44.5 Å². The zero-order valence-corrected chi connectivity index (χ0v) is 16.2. The van der Waals surface area contributed by atoms with E-state index in [4.69, 9.17) is 14.4 Å². The molecular weight excluding hydrogens is 416 g/mol. The van der Waals surface area contributed by atoms with Gasteiger partial charge in [0.15, 0.2) is 0 Å². The summed E-state index contributed by atoms with van der Waals surface area (Å²) in [6.45, 7) is 0. The molecule has 5 rings (SSSR count). The number of fused-ring (bicyclic) bond motifs is 3. The molecule has 3 aromatic carbocycles. The fraction of sp³-hybridized carbons (Fsp3) is 0. The Morgan fingerprint density at radius 2 is 1.46 bits per heavy atom. The van der Waals surface area contributed by atoms with Crippen molar-refractivity contribution < 1.29 is 4.42 Å². The number of pyridine rings is 1. The topological polar surface area (TPSA) is 56.0 Å². The van der Waals surface area contributed by atoms with Crippen molar-refractivity contribution in [2.45, 2.75) is 0 Å². The smallest absolute Gasteiger partial charge is 0.347 e. The Morgan fingerprint density at radius 3 is 2.25 bits per heavy atom. The first-order valence-electron chi connectivity index (χ1n) is 8.76. The number of hydrogen-bond acceptors (Lipinski definition) is 4. The van der Waals surface area contributed by atoms with Crippen molar-refractivity contribution in [1.82, 2.24) is 9.97 Å². The van der Waals surface area contributed by atoms with E-state index in [9.17, 15) is 4.79 Å². The Bertz CT molecular complexity index is 1380. The molecule has 0 aliphatic carbocycles. The summed E-state index contributed by atoms with van der Waals surface area (Å²) in [5, 5.41) is 1.18. The van der Waals surface area contributed by atoms with Crippen LogP contribution in [0, 0.1) is 0 Å². The third-order valence-corrected chi connectivity index (χ3v) is 5.14. The number of rotatable bonds is 2. The minimum absolute atomic E-state index is 0.286. The molecule has 0 amide bonds. The van der Waals surface area contributed by atoms with E-state index in [0.29, 0.717) is 16.6 Å². The van der Waals surface area contributed by atoms with E-state index in [1.807, 2.05) is 78.9 Å². The van der Waals surface area contributed by atoms with Gasteiger partial charge in [-0.05, 0) is 30.3 Å². The molecule has 0 radical (unpaired) electrons. The van der Waals surface area contributed by atoms with Crippen LogP contribution in [-0.4, -0.2) is 9.97 Å². The van der Waals surface area contributed by atoms with Gasteiger partial charge < -0.3 is 4.42 Å². The first kappa shape index (κ1) is 16.8. The molecule has 0 unspecified atom stereocenters. The Hall–Kier alpha value is -3.31. The predicted molar refractivity (Wildman–Crippen MR) is 114 cm³/mol. The zero-order chi connectivity index (χ0) is 19.1. The standard InChI is InChI=1S/C23H13BrN2O2/c24-16-12-10-14(11-13-16)20-21-19(17-8-4-5-9-18(17)25-20)23(27)28-22(26-21)15-6-2-1-3-7-15/h1-13H. The molecule has 0 N–H and O–H groups in total. The van der Waals surface area contributed by atoms with E-state index in [1.165, 1.54) is 0 Å². The normalized spacial score (nSPS) is 11.2. The van der Waals surface area contributed by atoms with Gasteiger partial charge in [0, 0.05) is 21.0 Å². The van der Waals surface area contributed by atoms with E-state index < -0.39 is 5.63 Å². The number of aromatic nitrogens is 2. The van der Waals surface area contributed by atoms with Gasteiger partial charge in [-0.1, -0.05) is 64.5 Å². The number of nitrogens with zero attached hydrogens (tertiary/aromatic N) is 2. The van der Waals surface area contributed by atoms with E-state index in [0.717, 1.165) is 26.5 Å². The van der Waals surface area contributed by atoms with Crippen LogP contribution in [0.3, 0.4) is 0 Å². The lowest BCUT2D eigenvalue weighted by atomic mass is 10.0. The molecule has 5 aromatic rings. The Morgan fingerprint density at radius 1 is 0.750 bits per heavy atom. The molecule has 0 saturated heterocycles. The molecule has 0 atom stereocenters. The van der Waals surface area contributed by atoms with E-state index >= 15 is 0 Å². The van der Waals surface area contributed by atoms with Gasteiger partial charge in [-0.25, -0.2) is 14.8 Å². The quantitative estimate of drug-likeness (QED) is 0.331. The summed E-state index contributed by atoms with van der Waals surface area (Å²) < 4.78 is 6.56. The van der Waals surface area contributed by atoms with Crippen molar-refractivity contribution in [3.63, 3.8) is 0 Å². The highest BCUT2D eigenvalue weighted by atomic mass is 79.9. The molecule has 134 valence electrons. The molecule has 28 heavy (non-hydrogen) atoms. The van der Waals surface area contributed by atoms with Gasteiger partial charge in [0.25, 0.3) is 0 Å². The molecule has 5 heteroatoms. The van der Waals surface area contributed by atoms with Crippen LogP contribution in [0.4, 0.5) is 0 Å².